The summed E-state index contributed by atoms with van der Waals surface area (Å²) in [5, 5.41) is 9.13. The summed E-state index contributed by atoms with van der Waals surface area (Å²) in [5.41, 5.74) is 0.126. The SMILES string of the molecule is O=C(c1ncc(-c2ncccc2F)s1)C1CN(C(=O)O)CCO1. The lowest BCUT2D eigenvalue weighted by molar-refractivity contribution is -0.0111. The number of Topliss-reactive ketones (excluding diaryl/α,β-unsaturated/α-hetero) is 1. The second kappa shape index (κ2) is 6.39. The van der Waals surface area contributed by atoms with E-state index in [1.807, 2.05) is 0 Å². The highest BCUT2D eigenvalue weighted by Crippen LogP contribution is 2.27. The zero-order chi connectivity index (χ0) is 16.4. The molecule has 120 valence electrons. The average Bonchev–Trinajstić information content (AvgIpc) is 3.04. The summed E-state index contributed by atoms with van der Waals surface area (Å²) in [5.74, 6) is -0.912. The molecule has 0 saturated carbocycles. The van der Waals surface area contributed by atoms with Gasteiger partial charge in [-0.2, -0.15) is 0 Å². The predicted molar refractivity (Wildman–Crippen MR) is 79.0 cm³/mol. The number of carboxylic acid groups (broad SMARTS) is 1. The maximum Gasteiger partial charge on any atom is 0.407 e. The number of amides is 1. The van der Waals surface area contributed by atoms with E-state index in [2.05, 4.69) is 9.97 Å². The van der Waals surface area contributed by atoms with E-state index in [-0.39, 0.29) is 30.4 Å². The molecule has 23 heavy (non-hydrogen) atoms. The van der Waals surface area contributed by atoms with Gasteiger partial charge in [-0.15, -0.1) is 11.3 Å². The van der Waals surface area contributed by atoms with E-state index in [0.29, 0.717) is 4.88 Å². The van der Waals surface area contributed by atoms with Gasteiger partial charge in [-0.3, -0.25) is 9.78 Å². The second-order valence-electron chi connectivity index (χ2n) is 4.82. The summed E-state index contributed by atoms with van der Waals surface area (Å²) in [6, 6.07) is 2.75. The van der Waals surface area contributed by atoms with Crippen molar-refractivity contribution < 1.29 is 23.8 Å². The first kappa shape index (κ1) is 15.5. The van der Waals surface area contributed by atoms with Crippen molar-refractivity contribution in [2.45, 2.75) is 6.10 Å². The minimum atomic E-state index is -1.10. The highest BCUT2D eigenvalue weighted by Gasteiger charge is 2.31. The quantitative estimate of drug-likeness (QED) is 0.860. The smallest absolute Gasteiger partial charge is 0.407 e. The molecule has 1 aliphatic heterocycles. The number of rotatable bonds is 3. The number of aromatic nitrogens is 2. The van der Waals surface area contributed by atoms with Crippen LogP contribution in [0.3, 0.4) is 0 Å². The van der Waals surface area contributed by atoms with Crippen LogP contribution in [0.2, 0.25) is 0 Å². The molecular formula is C14H12FN3O4S. The van der Waals surface area contributed by atoms with Crippen molar-refractivity contribution in [1.29, 1.82) is 0 Å². The Kier molecular flexibility index (Phi) is 4.30. The van der Waals surface area contributed by atoms with Gasteiger partial charge < -0.3 is 14.7 Å². The fourth-order valence-electron chi connectivity index (χ4n) is 2.18. The Morgan fingerprint density at radius 1 is 1.43 bits per heavy atom. The molecular weight excluding hydrogens is 325 g/mol. The Labute approximate surface area is 134 Å². The van der Waals surface area contributed by atoms with Gasteiger partial charge in [0.15, 0.2) is 5.01 Å². The van der Waals surface area contributed by atoms with E-state index in [0.717, 1.165) is 16.2 Å². The molecule has 7 nitrogen and oxygen atoms in total. The molecule has 0 spiro atoms. The molecule has 1 saturated heterocycles. The minimum absolute atomic E-state index is 0.0406. The maximum absolute atomic E-state index is 13.7. The first-order valence-corrected chi connectivity index (χ1v) is 7.58. The van der Waals surface area contributed by atoms with Crippen LogP contribution in [-0.2, 0) is 4.74 Å². The van der Waals surface area contributed by atoms with Gasteiger partial charge in [-0.25, -0.2) is 14.2 Å². The molecule has 0 aliphatic carbocycles. The van der Waals surface area contributed by atoms with Gasteiger partial charge in [0.2, 0.25) is 5.78 Å². The van der Waals surface area contributed by atoms with E-state index in [9.17, 15) is 14.0 Å². The van der Waals surface area contributed by atoms with Crippen LogP contribution >= 0.6 is 11.3 Å². The summed E-state index contributed by atoms with van der Waals surface area (Å²) in [4.78, 5) is 32.9. The molecule has 0 radical (unpaired) electrons. The number of hydrogen-bond acceptors (Lipinski definition) is 6. The van der Waals surface area contributed by atoms with Crippen LogP contribution in [0.1, 0.15) is 9.80 Å². The maximum atomic E-state index is 13.7. The molecule has 0 bridgehead atoms. The van der Waals surface area contributed by atoms with Crippen LogP contribution in [0.4, 0.5) is 9.18 Å². The Hall–Kier alpha value is -2.39. The summed E-state index contributed by atoms with van der Waals surface area (Å²) < 4.78 is 19.1. The summed E-state index contributed by atoms with van der Waals surface area (Å²) in [7, 11) is 0. The van der Waals surface area contributed by atoms with Gasteiger partial charge in [0.1, 0.15) is 17.6 Å². The molecule has 1 N–H and O–H groups in total. The van der Waals surface area contributed by atoms with Crippen LogP contribution in [0.25, 0.3) is 10.6 Å². The number of ketones is 1. The molecule has 2 aromatic heterocycles. The third-order valence-corrected chi connectivity index (χ3v) is 4.36. The monoisotopic (exact) mass is 337 g/mol. The normalized spacial score (nSPS) is 18.0. The molecule has 1 amide bonds. The van der Waals surface area contributed by atoms with Crippen LogP contribution in [0.15, 0.2) is 24.5 Å². The lowest BCUT2D eigenvalue weighted by atomic mass is 10.2. The van der Waals surface area contributed by atoms with Crippen LogP contribution in [-0.4, -0.2) is 57.7 Å². The molecule has 3 heterocycles. The number of nitrogens with zero attached hydrogens (tertiary/aromatic N) is 3. The average molecular weight is 337 g/mol. The molecule has 1 atom stereocenters. The van der Waals surface area contributed by atoms with E-state index >= 15 is 0 Å². The summed E-state index contributed by atoms with van der Waals surface area (Å²) in [6.45, 7) is 0.332. The number of carbonyl (C=O) groups is 2. The van der Waals surface area contributed by atoms with Gasteiger partial charge >= 0.3 is 6.09 Å². The molecule has 0 aromatic carbocycles. The third kappa shape index (κ3) is 3.20. The van der Waals surface area contributed by atoms with E-state index in [4.69, 9.17) is 9.84 Å². The fourth-order valence-corrected chi connectivity index (χ4v) is 3.08. The van der Waals surface area contributed by atoms with Crippen molar-refractivity contribution >= 4 is 23.2 Å². The number of thiazole rings is 1. The predicted octanol–water partition coefficient (Wildman–Crippen LogP) is 1.91. The van der Waals surface area contributed by atoms with Crippen molar-refractivity contribution in [2.24, 2.45) is 0 Å². The molecule has 1 unspecified atom stereocenters. The van der Waals surface area contributed by atoms with Crippen molar-refractivity contribution in [3.8, 4) is 10.6 Å². The Morgan fingerprint density at radius 2 is 2.26 bits per heavy atom. The van der Waals surface area contributed by atoms with Gasteiger partial charge in [-0.05, 0) is 12.1 Å². The van der Waals surface area contributed by atoms with Gasteiger partial charge in [0.05, 0.1) is 18.0 Å². The first-order chi connectivity index (χ1) is 11.1. The number of halogens is 1. The Balaban J connectivity index is 1.79. The first-order valence-electron chi connectivity index (χ1n) is 6.76. The number of morpholine rings is 1. The van der Waals surface area contributed by atoms with Gasteiger partial charge in [0, 0.05) is 18.9 Å². The van der Waals surface area contributed by atoms with Crippen molar-refractivity contribution in [2.75, 3.05) is 19.7 Å². The fraction of sp³-hybridized carbons (Fsp3) is 0.286. The van der Waals surface area contributed by atoms with E-state index in [1.54, 1.807) is 0 Å². The molecule has 1 aliphatic rings. The largest absolute Gasteiger partial charge is 0.465 e. The number of carbonyl (C=O) groups excluding carboxylic acids is 1. The van der Waals surface area contributed by atoms with E-state index < -0.39 is 23.8 Å². The Morgan fingerprint density at radius 3 is 3.00 bits per heavy atom. The molecule has 2 aromatic rings. The second-order valence-corrected chi connectivity index (χ2v) is 5.85. The van der Waals surface area contributed by atoms with Crippen molar-refractivity contribution in [3.05, 3.63) is 35.4 Å². The van der Waals surface area contributed by atoms with Crippen molar-refractivity contribution in [1.82, 2.24) is 14.9 Å². The topological polar surface area (TPSA) is 92.6 Å². The zero-order valence-corrected chi connectivity index (χ0v) is 12.6. The molecule has 9 heteroatoms. The number of pyridine rings is 1. The van der Waals surface area contributed by atoms with Gasteiger partial charge in [-0.1, -0.05) is 0 Å². The molecule has 1 fully saturated rings. The Bertz CT molecular complexity index is 751. The van der Waals surface area contributed by atoms with Gasteiger partial charge in [0.25, 0.3) is 0 Å². The molecule has 3 rings (SSSR count). The highest BCUT2D eigenvalue weighted by molar-refractivity contribution is 7.17. The number of ether oxygens (including phenoxy) is 1. The van der Waals surface area contributed by atoms with Crippen molar-refractivity contribution in [3.63, 3.8) is 0 Å². The van der Waals surface area contributed by atoms with Crippen LogP contribution < -0.4 is 0 Å². The van der Waals surface area contributed by atoms with E-state index in [1.165, 1.54) is 24.5 Å². The third-order valence-electron chi connectivity index (χ3n) is 3.34. The zero-order valence-electron chi connectivity index (χ0n) is 11.8. The summed E-state index contributed by atoms with van der Waals surface area (Å²) >= 11 is 1.00. The standard InChI is InChI=1S/C14H12FN3O4S/c15-8-2-1-3-16-11(8)10-6-17-13(23-10)12(19)9-7-18(14(20)21)4-5-22-9/h1-3,6,9H,4-5,7H2,(H,20,21). The van der Waals surface area contributed by atoms with Crippen LogP contribution in [0.5, 0.6) is 0 Å². The van der Waals surface area contributed by atoms with Crippen LogP contribution in [0, 0.1) is 5.82 Å². The summed E-state index contributed by atoms with van der Waals surface area (Å²) in [6.07, 6.45) is 0.837. The lowest BCUT2D eigenvalue weighted by Crippen LogP contribution is -2.48. The minimum Gasteiger partial charge on any atom is -0.465 e. The lowest BCUT2D eigenvalue weighted by Gasteiger charge is -2.29. The highest BCUT2D eigenvalue weighted by atomic mass is 32.1. The number of hydrogen-bond donors (Lipinski definition) is 1.